The number of hydrogen-bond acceptors (Lipinski definition) is 3. The minimum absolute atomic E-state index is 0.210. The fourth-order valence-corrected chi connectivity index (χ4v) is 3.47. The van der Waals surface area contributed by atoms with Gasteiger partial charge in [0.15, 0.2) is 10.6 Å². The topological polar surface area (TPSA) is 47.5 Å². The molecule has 0 unspecified atom stereocenters. The van der Waals surface area contributed by atoms with E-state index in [-0.39, 0.29) is 11.6 Å². The lowest BCUT2D eigenvalue weighted by atomic mass is 10.1. The Balaban J connectivity index is 2.12. The number of amides is 1. The molecule has 0 N–H and O–H groups in total. The van der Waals surface area contributed by atoms with Crippen LogP contribution in [0, 0.1) is 12.7 Å². The molecule has 0 saturated carbocycles. The first-order valence-corrected chi connectivity index (χ1v) is 8.00. The number of hydrogen-bond donors (Lipinski definition) is 0. The van der Waals surface area contributed by atoms with Crippen LogP contribution >= 0.6 is 11.3 Å². The molecule has 4 nitrogen and oxygen atoms in total. The fourth-order valence-electron chi connectivity index (χ4n) is 2.41. The lowest BCUT2D eigenvalue weighted by Crippen LogP contribution is -2.17. The number of carbonyl (C=O) groups excluding carboxylic acids is 1. The number of rotatable bonds is 3. The molecular weight excluding hydrogens is 315 g/mol. The van der Waals surface area contributed by atoms with Gasteiger partial charge in [0, 0.05) is 11.4 Å². The van der Waals surface area contributed by atoms with Crippen LogP contribution < -0.4 is 4.80 Å². The summed E-state index contributed by atoms with van der Waals surface area (Å²) < 4.78 is 20.2. The fraction of sp³-hybridized carbons (Fsp3) is 0.176. The van der Waals surface area contributed by atoms with E-state index < -0.39 is 5.91 Å². The summed E-state index contributed by atoms with van der Waals surface area (Å²) >= 11 is 1.43. The van der Waals surface area contributed by atoms with Crippen molar-refractivity contribution in [1.29, 1.82) is 0 Å². The van der Waals surface area contributed by atoms with Crippen LogP contribution in [0.3, 0.4) is 0 Å². The molecule has 0 radical (unpaired) electrons. The summed E-state index contributed by atoms with van der Waals surface area (Å²) in [4.78, 5) is 17.9. The van der Waals surface area contributed by atoms with Crippen molar-refractivity contribution < 1.29 is 13.6 Å². The predicted octanol–water partition coefficient (Wildman–Crippen LogP) is 4.02. The highest BCUT2D eigenvalue weighted by Crippen LogP contribution is 2.25. The molecule has 1 amide bonds. The summed E-state index contributed by atoms with van der Waals surface area (Å²) in [6.07, 6.45) is 1.44. The smallest absolute Gasteiger partial charge is 0.315 e. The molecule has 0 fully saturated rings. The van der Waals surface area contributed by atoms with E-state index in [0.717, 1.165) is 16.1 Å². The van der Waals surface area contributed by atoms with Crippen molar-refractivity contribution in [3.8, 4) is 11.3 Å². The summed E-state index contributed by atoms with van der Waals surface area (Å²) in [6, 6.07) is 9.56. The quantitative estimate of drug-likeness (QED) is 0.728. The van der Waals surface area contributed by atoms with Crippen molar-refractivity contribution in [2.45, 2.75) is 20.4 Å². The maximum Gasteiger partial charge on any atom is 0.315 e. The summed E-state index contributed by atoms with van der Waals surface area (Å²) in [5.74, 6) is -0.478. The van der Waals surface area contributed by atoms with Gasteiger partial charge in [0.2, 0.25) is 0 Å². The zero-order valence-electron chi connectivity index (χ0n) is 12.7. The van der Waals surface area contributed by atoms with E-state index in [2.05, 4.69) is 4.99 Å². The summed E-state index contributed by atoms with van der Waals surface area (Å²) in [5, 5.41) is 0. The molecule has 2 heterocycles. The van der Waals surface area contributed by atoms with Crippen molar-refractivity contribution in [3.63, 3.8) is 0 Å². The molecule has 0 bridgehead atoms. The second kappa shape index (κ2) is 6.34. The molecule has 0 aliphatic rings. The molecule has 118 valence electrons. The molecule has 0 atom stereocenters. The Morgan fingerprint density at radius 2 is 2.04 bits per heavy atom. The lowest BCUT2D eigenvalue weighted by molar-refractivity contribution is 0.0971. The number of nitrogens with zero attached hydrogens (tertiary/aromatic N) is 2. The maximum absolute atomic E-state index is 13.1. The third-order valence-electron chi connectivity index (χ3n) is 3.44. The number of aryl methyl sites for hydroxylation is 1. The third kappa shape index (κ3) is 3.03. The first-order valence-electron chi connectivity index (χ1n) is 7.19. The molecule has 0 aliphatic heterocycles. The molecule has 6 heteroatoms. The minimum Gasteiger partial charge on any atom is -0.459 e. The molecule has 3 rings (SSSR count). The molecule has 23 heavy (non-hydrogen) atoms. The SMILES string of the molecule is CCn1c(-c2ccc(F)cc2)c(C)sc1=NC(=O)c1ccco1. The number of aromatic nitrogens is 1. The molecule has 0 saturated heterocycles. The Bertz CT molecular complexity index is 890. The molecule has 0 aliphatic carbocycles. The summed E-state index contributed by atoms with van der Waals surface area (Å²) in [7, 11) is 0. The van der Waals surface area contributed by atoms with E-state index >= 15 is 0 Å². The van der Waals surface area contributed by atoms with Gasteiger partial charge in [-0.3, -0.25) is 4.79 Å². The van der Waals surface area contributed by atoms with Gasteiger partial charge >= 0.3 is 5.91 Å². The Kier molecular flexibility index (Phi) is 4.25. The standard InChI is InChI=1S/C17H15FN2O2S/c1-3-20-15(12-6-8-13(18)9-7-12)11(2)23-17(20)19-16(21)14-5-4-10-22-14/h4-10H,3H2,1-2H3. The molecule has 0 spiro atoms. The van der Waals surface area contributed by atoms with E-state index in [9.17, 15) is 9.18 Å². The van der Waals surface area contributed by atoms with Gasteiger partial charge in [-0.1, -0.05) is 0 Å². The van der Waals surface area contributed by atoms with Crippen LogP contribution in [-0.2, 0) is 6.54 Å². The normalized spacial score (nSPS) is 11.9. The number of thiazole rings is 1. The minimum atomic E-state index is -0.413. The number of halogens is 1. The van der Waals surface area contributed by atoms with Gasteiger partial charge < -0.3 is 8.98 Å². The van der Waals surface area contributed by atoms with Gasteiger partial charge in [0.1, 0.15) is 5.82 Å². The van der Waals surface area contributed by atoms with Crippen LogP contribution in [0.1, 0.15) is 22.4 Å². The van der Waals surface area contributed by atoms with Gasteiger partial charge in [0.05, 0.1) is 12.0 Å². The first-order chi connectivity index (χ1) is 11.1. The monoisotopic (exact) mass is 330 g/mol. The highest BCUT2D eigenvalue weighted by Gasteiger charge is 2.14. The zero-order valence-corrected chi connectivity index (χ0v) is 13.6. The second-order valence-corrected chi connectivity index (χ2v) is 6.12. The second-order valence-electron chi connectivity index (χ2n) is 4.93. The van der Waals surface area contributed by atoms with Crippen LogP contribution in [0.2, 0.25) is 0 Å². The van der Waals surface area contributed by atoms with E-state index in [1.54, 1.807) is 24.3 Å². The number of benzene rings is 1. The molecule has 2 aromatic heterocycles. The number of carbonyl (C=O) groups is 1. The molecule has 1 aromatic carbocycles. The van der Waals surface area contributed by atoms with Gasteiger partial charge in [-0.05, 0) is 55.8 Å². The highest BCUT2D eigenvalue weighted by atomic mass is 32.1. The molecule has 3 aromatic rings. The van der Waals surface area contributed by atoms with Gasteiger partial charge in [-0.15, -0.1) is 11.3 Å². The van der Waals surface area contributed by atoms with E-state index in [0.29, 0.717) is 11.3 Å². The van der Waals surface area contributed by atoms with Crippen molar-refractivity contribution >= 4 is 17.2 Å². The van der Waals surface area contributed by atoms with Crippen molar-refractivity contribution in [1.82, 2.24) is 4.57 Å². The maximum atomic E-state index is 13.1. The van der Waals surface area contributed by atoms with Crippen LogP contribution in [0.4, 0.5) is 4.39 Å². The van der Waals surface area contributed by atoms with E-state index in [1.165, 1.54) is 29.7 Å². The average Bonchev–Trinajstić information content (AvgIpc) is 3.16. The van der Waals surface area contributed by atoms with Gasteiger partial charge in [0.25, 0.3) is 0 Å². The van der Waals surface area contributed by atoms with Gasteiger partial charge in [-0.2, -0.15) is 4.99 Å². The van der Waals surface area contributed by atoms with Crippen molar-refractivity contribution in [2.75, 3.05) is 0 Å². The lowest BCUT2D eigenvalue weighted by Gasteiger charge is -2.07. The van der Waals surface area contributed by atoms with Crippen LogP contribution in [0.25, 0.3) is 11.3 Å². The van der Waals surface area contributed by atoms with Gasteiger partial charge in [-0.25, -0.2) is 4.39 Å². The highest BCUT2D eigenvalue weighted by molar-refractivity contribution is 7.09. The molecular formula is C17H15FN2O2S. The zero-order chi connectivity index (χ0) is 16.4. The van der Waals surface area contributed by atoms with Crippen LogP contribution in [-0.4, -0.2) is 10.5 Å². The van der Waals surface area contributed by atoms with Crippen molar-refractivity contribution in [2.24, 2.45) is 4.99 Å². The van der Waals surface area contributed by atoms with E-state index in [1.807, 2.05) is 18.4 Å². The van der Waals surface area contributed by atoms with E-state index in [4.69, 9.17) is 4.42 Å². The van der Waals surface area contributed by atoms with Crippen LogP contribution in [0.15, 0.2) is 52.1 Å². The Morgan fingerprint density at radius 3 is 2.65 bits per heavy atom. The Morgan fingerprint density at radius 1 is 1.30 bits per heavy atom. The Labute approximate surface area is 136 Å². The average molecular weight is 330 g/mol. The summed E-state index contributed by atoms with van der Waals surface area (Å²) in [5.41, 5.74) is 1.84. The first kappa shape index (κ1) is 15.4. The summed E-state index contributed by atoms with van der Waals surface area (Å²) in [6.45, 7) is 4.60. The Hall–Kier alpha value is -2.47. The largest absolute Gasteiger partial charge is 0.459 e. The van der Waals surface area contributed by atoms with Crippen LogP contribution in [0.5, 0.6) is 0 Å². The third-order valence-corrected chi connectivity index (χ3v) is 4.44. The van der Waals surface area contributed by atoms with Crippen molar-refractivity contribution in [3.05, 3.63) is 63.9 Å². The number of furan rings is 1. The predicted molar refractivity (Wildman–Crippen MR) is 86.7 cm³/mol.